The van der Waals surface area contributed by atoms with Crippen molar-refractivity contribution in [3.8, 4) is 11.3 Å². The Labute approximate surface area is 262 Å². The molecule has 3 aromatic rings. The Balaban J connectivity index is 0.000000476. The van der Waals surface area contributed by atoms with Gasteiger partial charge in [-0.05, 0) is 54.8 Å². The number of alkyl halides is 3. The number of aliphatic hydroxyl groups is 1. The fourth-order valence-corrected chi connectivity index (χ4v) is 4.84. The number of allylic oxidation sites excluding steroid dienone is 2. The zero-order valence-electron chi connectivity index (χ0n) is 25.9. The van der Waals surface area contributed by atoms with Crippen LogP contribution in [0.3, 0.4) is 0 Å². The van der Waals surface area contributed by atoms with Crippen molar-refractivity contribution in [2.24, 2.45) is 17.3 Å². The van der Waals surface area contributed by atoms with E-state index in [-0.39, 0.29) is 49.9 Å². The van der Waals surface area contributed by atoms with Gasteiger partial charge in [-0.3, -0.25) is 9.78 Å². The van der Waals surface area contributed by atoms with Crippen molar-refractivity contribution in [1.82, 2.24) is 9.97 Å². The molecule has 2 aromatic carbocycles. The molecular formula is C34H44F3IrN2O2-. The maximum absolute atomic E-state index is 13.2. The molecule has 0 spiro atoms. The number of aryl methyl sites for hydroxylation is 2. The van der Waals surface area contributed by atoms with Crippen molar-refractivity contribution in [1.29, 1.82) is 0 Å². The van der Waals surface area contributed by atoms with E-state index in [1.807, 2.05) is 53.7 Å². The van der Waals surface area contributed by atoms with Gasteiger partial charge >= 0.3 is 6.18 Å². The predicted octanol–water partition coefficient (Wildman–Crippen LogP) is 9.71. The average Bonchev–Trinajstić information content (AvgIpc) is 2.88. The van der Waals surface area contributed by atoms with E-state index in [1.165, 1.54) is 26.3 Å². The van der Waals surface area contributed by atoms with Gasteiger partial charge < -0.3 is 5.11 Å². The first-order valence-corrected chi connectivity index (χ1v) is 14.4. The van der Waals surface area contributed by atoms with E-state index < -0.39 is 11.6 Å². The number of hydrogen-bond acceptors (Lipinski definition) is 4. The fraction of sp³-hybridized carbons (Fsp3) is 0.500. The van der Waals surface area contributed by atoms with Crippen molar-refractivity contribution in [2.45, 2.75) is 93.7 Å². The van der Waals surface area contributed by atoms with Crippen molar-refractivity contribution in [2.75, 3.05) is 0 Å². The fourth-order valence-electron chi connectivity index (χ4n) is 4.84. The second-order valence-electron chi connectivity index (χ2n) is 11.4. The third-order valence-corrected chi connectivity index (χ3v) is 7.60. The zero-order chi connectivity index (χ0) is 31.0. The maximum atomic E-state index is 13.2. The van der Waals surface area contributed by atoms with Gasteiger partial charge in [0.2, 0.25) is 0 Å². The van der Waals surface area contributed by atoms with Crippen molar-refractivity contribution in [3.63, 3.8) is 0 Å². The summed E-state index contributed by atoms with van der Waals surface area (Å²) in [4.78, 5) is 20.4. The summed E-state index contributed by atoms with van der Waals surface area (Å²) in [6, 6.07) is 12.6. The first kappa shape index (κ1) is 37.5. The molecule has 0 saturated carbocycles. The summed E-state index contributed by atoms with van der Waals surface area (Å²) in [5.74, 6) is 0.547. The Morgan fingerprint density at radius 3 is 2.07 bits per heavy atom. The molecule has 0 saturated heterocycles. The molecule has 233 valence electrons. The van der Waals surface area contributed by atoms with Crippen LogP contribution in [-0.2, 0) is 31.3 Å². The van der Waals surface area contributed by atoms with Crippen LogP contribution in [-0.4, -0.2) is 27.0 Å². The van der Waals surface area contributed by atoms with Gasteiger partial charge in [0, 0.05) is 38.0 Å². The Bertz CT molecular complexity index is 1320. The van der Waals surface area contributed by atoms with E-state index in [9.17, 15) is 23.1 Å². The number of hydrogen-bond donors (Lipinski definition) is 1. The van der Waals surface area contributed by atoms with E-state index in [0.29, 0.717) is 11.1 Å². The number of aliphatic hydroxyl groups excluding tert-OH is 1. The van der Waals surface area contributed by atoms with Crippen LogP contribution >= 0.6 is 0 Å². The molecule has 0 atom stereocenters. The number of nitrogens with zero attached hydrogens (tertiary/aromatic N) is 2. The second kappa shape index (κ2) is 16.3. The predicted molar refractivity (Wildman–Crippen MR) is 161 cm³/mol. The molecule has 1 radical (unpaired) electrons. The van der Waals surface area contributed by atoms with Crippen LogP contribution in [0.15, 0.2) is 48.5 Å². The molecule has 0 aliphatic rings. The monoisotopic (exact) mass is 762 g/mol. The summed E-state index contributed by atoms with van der Waals surface area (Å²) in [5.41, 5.74) is 3.16. The normalized spacial score (nSPS) is 12.3. The van der Waals surface area contributed by atoms with Gasteiger partial charge in [-0.1, -0.05) is 67.5 Å². The minimum atomic E-state index is -4.26. The standard InChI is InChI=1S/C21H20F3N2.C13H24O2.Ir/c1-13-7-14(2)9-16(8-13)19-17-6-5-15(10-18(17)25-12-26-19)11-20(3,4)21(22,23)24;1-5-10(6-2)12(14)9-13(15)11(7-3)8-4;/h5-8,10,12H,11H2,1-4H3;9-11,14H,5-8H2,1-4H3;/q-1;;/b;12-9-;. The first-order chi connectivity index (χ1) is 19.2. The first-order valence-electron chi connectivity index (χ1n) is 14.4. The third-order valence-electron chi connectivity index (χ3n) is 7.60. The van der Waals surface area contributed by atoms with E-state index in [4.69, 9.17) is 0 Å². The molecular weight excluding hydrogens is 718 g/mol. The minimum Gasteiger partial charge on any atom is -0.512 e. The number of benzene rings is 2. The number of ketones is 1. The average molecular weight is 762 g/mol. The van der Waals surface area contributed by atoms with Crippen LogP contribution in [0.25, 0.3) is 22.2 Å². The summed E-state index contributed by atoms with van der Waals surface area (Å²) < 4.78 is 39.5. The molecule has 1 N–H and O–H groups in total. The molecule has 0 aliphatic carbocycles. The van der Waals surface area contributed by atoms with Crippen LogP contribution in [0.4, 0.5) is 13.2 Å². The number of rotatable bonds is 10. The molecule has 0 amide bonds. The van der Waals surface area contributed by atoms with Crippen LogP contribution in [0.5, 0.6) is 0 Å². The summed E-state index contributed by atoms with van der Waals surface area (Å²) in [5, 5.41) is 10.6. The minimum absolute atomic E-state index is 0. The molecule has 42 heavy (non-hydrogen) atoms. The van der Waals surface area contributed by atoms with Crippen LogP contribution in [0, 0.1) is 37.2 Å². The third kappa shape index (κ3) is 10.0. The van der Waals surface area contributed by atoms with Gasteiger partial charge in [0.25, 0.3) is 0 Å². The Hall–Kier alpha value is -2.57. The van der Waals surface area contributed by atoms with E-state index in [1.54, 1.807) is 18.2 Å². The molecule has 0 aliphatic heterocycles. The quantitative estimate of drug-likeness (QED) is 0.127. The Kier molecular flexibility index (Phi) is 14.6. The number of aromatic nitrogens is 2. The summed E-state index contributed by atoms with van der Waals surface area (Å²) in [6.45, 7) is 14.5. The number of carbonyl (C=O) groups excluding carboxylic acids is 1. The second-order valence-corrected chi connectivity index (χ2v) is 11.4. The zero-order valence-corrected chi connectivity index (χ0v) is 28.3. The van der Waals surface area contributed by atoms with Gasteiger partial charge in [-0.15, -0.1) is 34.9 Å². The maximum Gasteiger partial charge on any atom is 0.394 e. The molecule has 3 rings (SSSR count). The summed E-state index contributed by atoms with van der Waals surface area (Å²) in [7, 11) is 0. The SMILES string of the molecule is CCC(CC)C(=O)/C=C(\O)C(CC)CC.Cc1[c-]c(-c2ncnc3cc(CC(C)(C)C(F)(F)F)ccc23)cc(C)c1.[Ir]. The van der Waals surface area contributed by atoms with E-state index >= 15 is 0 Å². The van der Waals surface area contributed by atoms with Crippen molar-refractivity contribution >= 4 is 16.7 Å². The number of fused-ring (bicyclic) bond motifs is 1. The Morgan fingerprint density at radius 1 is 0.952 bits per heavy atom. The van der Waals surface area contributed by atoms with Gasteiger partial charge in [-0.25, -0.2) is 4.98 Å². The summed E-state index contributed by atoms with van der Waals surface area (Å²) in [6.07, 6.45) is 2.00. The number of carbonyl (C=O) groups is 1. The van der Waals surface area contributed by atoms with Gasteiger partial charge in [0.15, 0.2) is 5.78 Å². The molecule has 1 aromatic heterocycles. The van der Waals surface area contributed by atoms with Crippen molar-refractivity contribution in [3.05, 3.63) is 71.3 Å². The van der Waals surface area contributed by atoms with Gasteiger partial charge in [0.05, 0.1) is 16.7 Å². The molecule has 0 bridgehead atoms. The molecule has 0 fully saturated rings. The summed E-state index contributed by atoms with van der Waals surface area (Å²) >= 11 is 0. The molecule has 8 heteroatoms. The van der Waals surface area contributed by atoms with E-state index in [0.717, 1.165) is 53.5 Å². The smallest absolute Gasteiger partial charge is 0.394 e. The number of halogens is 3. The largest absolute Gasteiger partial charge is 0.512 e. The van der Waals surface area contributed by atoms with Crippen LogP contribution < -0.4 is 0 Å². The molecule has 1 heterocycles. The van der Waals surface area contributed by atoms with Crippen molar-refractivity contribution < 1.29 is 43.2 Å². The topological polar surface area (TPSA) is 63.1 Å². The molecule has 4 nitrogen and oxygen atoms in total. The Morgan fingerprint density at radius 2 is 1.55 bits per heavy atom. The van der Waals surface area contributed by atoms with Gasteiger partial charge in [-0.2, -0.15) is 13.2 Å². The van der Waals surface area contributed by atoms with E-state index in [2.05, 4.69) is 16.0 Å². The van der Waals surface area contributed by atoms with Crippen LogP contribution in [0.2, 0.25) is 0 Å². The van der Waals surface area contributed by atoms with Gasteiger partial charge in [0.1, 0.15) is 6.33 Å². The molecule has 0 unspecified atom stereocenters. The van der Waals surface area contributed by atoms with Crippen LogP contribution in [0.1, 0.15) is 83.9 Å².